The first-order chi connectivity index (χ1) is 14.5. The Kier molecular flexibility index (Phi) is 12.8. The molecule has 1 aliphatic rings. The average Bonchev–Trinajstić information content (AvgIpc) is 2.68. The Morgan fingerprint density at radius 3 is 2.06 bits per heavy atom. The van der Waals surface area contributed by atoms with Crippen molar-refractivity contribution in [2.45, 2.75) is 65.5 Å². The van der Waals surface area contributed by atoms with Gasteiger partial charge in [0, 0.05) is 25.0 Å². The van der Waals surface area contributed by atoms with Crippen LogP contribution < -0.4 is 5.32 Å². The van der Waals surface area contributed by atoms with Crippen LogP contribution in [0, 0.1) is 11.8 Å². The van der Waals surface area contributed by atoms with Crippen molar-refractivity contribution in [3.63, 3.8) is 0 Å². The van der Waals surface area contributed by atoms with E-state index in [-0.39, 0.29) is 23.9 Å². The molecule has 1 unspecified atom stereocenters. The van der Waals surface area contributed by atoms with Crippen LogP contribution in [0.25, 0.3) is 0 Å². The second kappa shape index (κ2) is 14.2. The van der Waals surface area contributed by atoms with E-state index in [0.717, 1.165) is 50.0 Å². The summed E-state index contributed by atoms with van der Waals surface area (Å²) in [4.78, 5) is 27.0. The molecule has 1 aliphatic heterocycles. The van der Waals surface area contributed by atoms with Crippen molar-refractivity contribution in [2.24, 2.45) is 11.8 Å². The van der Waals surface area contributed by atoms with E-state index >= 15 is 0 Å². The molecule has 0 spiro atoms. The topological polar surface area (TPSA) is 67.9 Å². The van der Waals surface area contributed by atoms with Crippen molar-refractivity contribution < 1.29 is 23.5 Å². The maximum atomic E-state index is 12.5. The van der Waals surface area contributed by atoms with Crippen molar-refractivity contribution in [1.82, 2.24) is 10.2 Å². The molecular weight excluding hydrogens is 394 g/mol. The van der Waals surface area contributed by atoms with Gasteiger partial charge >= 0.3 is 0 Å². The quantitative estimate of drug-likeness (QED) is 0.311. The lowest BCUT2D eigenvalue weighted by Crippen LogP contribution is -2.46. The predicted molar refractivity (Wildman–Crippen MR) is 125 cm³/mol. The number of amides is 1. The van der Waals surface area contributed by atoms with Gasteiger partial charge in [-0.3, -0.25) is 9.59 Å². The molecule has 182 valence electrons. The van der Waals surface area contributed by atoms with Crippen LogP contribution in [0.3, 0.4) is 0 Å². The highest BCUT2D eigenvalue weighted by Crippen LogP contribution is 2.24. The molecule has 1 fully saturated rings. The number of ketones is 1. The average molecular weight is 443 g/mol. The third-order valence-corrected chi connectivity index (χ3v) is 5.72. The number of nitrogens with zero attached hydrogens (tertiary/aromatic N) is 2. The number of hydrogen-bond acceptors (Lipinski definition) is 5. The number of likely N-dealkylation sites (N-methyl/N-ethyl adjacent to an activating group) is 1. The van der Waals surface area contributed by atoms with E-state index in [1.807, 2.05) is 18.7 Å². The summed E-state index contributed by atoms with van der Waals surface area (Å²) in [5.74, 6) is 0.995. The van der Waals surface area contributed by atoms with Gasteiger partial charge in [0.25, 0.3) is 0 Å². The Morgan fingerprint density at radius 2 is 1.55 bits per heavy atom. The summed E-state index contributed by atoms with van der Waals surface area (Å²) in [6.45, 7) is 12.9. The zero-order valence-corrected chi connectivity index (χ0v) is 21.1. The minimum Gasteiger partial charge on any atom is -0.379 e. The number of ether oxygens (including phenoxy) is 2. The number of hydrogen-bond donors (Lipinski definition) is 1. The van der Waals surface area contributed by atoms with Crippen LogP contribution in [0.4, 0.5) is 0 Å². The van der Waals surface area contributed by atoms with Crippen LogP contribution in [0.15, 0.2) is 0 Å². The first-order valence-corrected chi connectivity index (χ1v) is 12.0. The van der Waals surface area contributed by atoms with E-state index in [4.69, 9.17) is 9.47 Å². The van der Waals surface area contributed by atoms with Gasteiger partial charge in [-0.2, -0.15) is 0 Å². The molecule has 31 heavy (non-hydrogen) atoms. The van der Waals surface area contributed by atoms with Gasteiger partial charge in [-0.25, -0.2) is 0 Å². The smallest absolute Gasteiger partial charge is 0.224 e. The highest BCUT2D eigenvalue weighted by Gasteiger charge is 2.28. The minimum atomic E-state index is -0.0785. The number of likely N-dealkylation sites (tertiary alicyclic amines) is 1. The van der Waals surface area contributed by atoms with Crippen LogP contribution in [0.1, 0.15) is 53.4 Å². The maximum absolute atomic E-state index is 12.5. The van der Waals surface area contributed by atoms with Crippen LogP contribution in [0.5, 0.6) is 0 Å². The van der Waals surface area contributed by atoms with Crippen LogP contribution in [-0.4, -0.2) is 100 Å². The fraction of sp³-hybridized carbons (Fsp3) is 0.917. The van der Waals surface area contributed by atoms with Crippen molar-refractivity contribution >= 4 is 11.7 Å². The van der Waals surface area contributed by atoms with E-state index in [0.29, 0.717) is 37.9 Å². The number of quaternary nitrogens is 1. The van der Waals surface area contributed by atoms with Crippen molar-refractivity contribution in [3.05, 3.63) is 0 Å². The van der Waals surface area contributed by atoms with Crippen LogP contribution >= 0.6 is 0 Å². The number of carbonyl (C=O) groups excluding carboxylic acids is 2. The van der Waals surface area contributed by atoms with Crippen molar-refractivity contribution in [1.29, 1.82) is 0 Å². The van der Waals surface area contributed by atoms with Gasteiger partial charge in [0.15, 0.2) is 5.78 Å². The first kappa shape index (κ1) is 28.0. The molecule has 0 aliphatic carbocycles. The van der Waals surface area contributed by atoms with Crippen molar-refractivity contribution in [3.8, 4) is 0 Å². The molecule has 0 saturated carbocycles. The number of carbonyl (C=O) groups is 2. The highest BCUT2D eigenvalue weighted by molar-refractivity contribution is 5.85. The Morgan fingerprint density at radius 1 is 0.968 bits per heavy atom. The molecule has 1 heterocycles. The zero-order valence-electron chi connectivity index (χ0n) is 21.1. The Hall–Kier alpha value is -1.02. The molecule has 1 N–H and O–H groups in total. The molecule has 1 amide bonds. The Labute approximate surface area is 190 Å². The van der Waals surface area contributed by atoms with E-state index in [2.05, 4.69) is 40.3 Å². The van der Waals surface area contributed by atoms with Gasteiger partial charge in [-0.15, -0.1) is 0 Å². The summed E-state index contributed by atoms with van der Waals surface area (Å²) < 4.78 is 12.0. The molecule has 1 atom stereocenters. The zero-order chi connectivity index (χ0) is 23.4. The standard InChI is InChI=1S/C24H48N3O4/c1-19(2)24(29)22(25-20(3)4)18-21-8-11-26(12-9-21)23(28)10-14-30-16-17-31-15-13-27(5,6)7/h19-22,25H,8-18H2,1-7H3/q+1. The van der Waals surface area contributed by atoms with E-state index in [9.17, 15) is 9.59 Å². The SMILES string of the molecule is CC(C)NC(CC1CCN(C(=O)CCOCCOCC[N+](C)(C)C)CC1)C(=O)C(C)C. The summed E-state index contributed by atoms with van der Waals surface area (Å²) in [7, 11) is 6.42. The molecule has 1 rings (SSSR count). The van der Waals surface area contributed by atoms with Gasteiger partial charge in [-0.05, 0) is 25.2 Å². The van der Waals surface area contributed by atoms with Gasteiger partial charge in [-0.1, -0.05) is 27.7 Å². The molecule has 0 radical (unpaired) electrons. The van der Waals surface area contributed by atoms with Crippen LogP contribution in [-0.2, 0) is 19.1 Å². The Balaban J connectivity index is 2.22. The molecule has 0 bridgehead atoms. The third-order valence-electron chi connectivity index (χ3n) is 5.72. The highest BCUT2D eigenvalue weighted by atomic mass is 16.5. The molecule has 7 heteroatoms. The van der Waals surface area contributed by atoms with Gasteiger partial charge < -0.3 is 24.2 Å². The second-order valence-corrected chi connectivity index (χ2v) is 10.5. The molecular formula is C24H48N3O4+. The molecule has 1 saturated heterocycles. The monoisotopic (exact) mass is 442 g/mol. The maximum Gasteiger partial charge on any atom is 0.224 e. The van der Waals surface area contributed by atoms with E-state index in [1.165, 1.54) is 0 Å². The lowest BCUT2D eigenvalue weighted by molar-refractivity contribution is -0.870. The number of piperidine rings is 1. The van der Waals surface area contributed by atoms with E-state index in [1.54, 1.807) is 0 Å². The summed E-state index contributed by atoms with van der Waals surface area (Å²) in [6.07, 6.45) is 3.23. The summed E-state index contributed by atoms with van der Waals surface area (Å²) in [5.41, 5.74) is 0. The van der Waals surface area contributed by atoms with Gasteiger partial charge in [0.05, 0.1) is 60.0 Å². The molecule has 0 aromatic carbocycles. The summed E-state index contributed by atoms with van der Waals surface area (Å²) in [5, 5.41) is 3.44. The number of nitrogens with one attached hydrogen (secondary N) is 1. The fourth-order valence-corrected chi connectivity index (χ4v) is 3.80. The largest absolute Gasteiger partial charge is 0.379 e. The lowest BCUT2D eigenvalue weighted by atomic mass is 9.86. The lowest BCUT2D eigenvalue weighted by Gasteiger charge is -2.34. The number of Topliss-reactive ketones (excluding diaryl/α,β-unsaturated/α-hetero) is 1. The molecule has 0 aromatic rings. The summed E-state index contributed by atoms with van der Waals surface area (Å²) >= 11 is 0. The van der Waals surface area contributed by atoms with E-state index < -0.39 is 0 Å². The van der Waals surface area contributed by atoms with Gasteiger partial charge in [0.1, 0.15) is 6.54 Å². The van der Waals surface area contributed by atoms with Crippen molar-refractivity contribution in [2.75, 3.05) is 67.2 Å². The predicted octanol–water partition coefficient (Wildman–Crippen LogP) is 2.34. The fourth-order valence-electron chi connectivity index (χ4n) is 3.80. The number of rotatable bonds is 15. The third kappa shape index (κ3) is 12.6. The molecule has 0 aromatic heterocycles. The van der Waals surface area contributed by atoms with Crippen LogP contribution in [0.2, 0.25) is 0 Å². The normalized spacial score (nSPS) is 16.9. The molecule has 7 nitrogen and oxygen atoms in total. The summed E-state index contributed by atoms with van der Waals surface area (Å²) in [6, 6.07) is 0.211. The second-order valence-electron chi connectivity index (χ2n) is 10.5. The first-order valence-electron chi connectivity index (χ1n) is 12.0. The Bertz CT molecular complexity index is 523. The minimum absolute atomic E-state index is 0.0426. The van der Waals surface area contributed by atoms with Gasteiger partial charge in [0.2, 0.25) is 5.91 Å².